The molecule has 1 amide bonds. The molecule has 0 aliphatic rings. The first-order valence-corrected chi connectivity index (χ1v) is 8.75. The molecule has 0 radical (unpaired) electrons. The Kier molecular flexibility index (Phi) is 5.96. The summed E-state index contributed by atoms with van der Waals surface area (Å²) in [5.74, 6) is -2.75. The van der Waals surface area contributed by atoms with Crippen molar-refractivity contribution in [1.29, 1.82) is 0 Å². The van der Waals surface area contributed by atoms with Crippen molar-refractivity contribution in [2.24, 2.45) is 4.99 Å². The summed E-state index contributed by atoms with van der Waals surface area (Å²) in [4.78, 5) is 16.2. The second-order valence-corrected chi connectivity index (χ2v) is 6.49. The van der Waals surface area contributed by atoms with Gasteiger partial charge in [0.2, 0.25) is 5.96 Å². The molecule has 9 heteroatoms. The van der Waals surface area contributed by atoms with E-state index in [0.717, 1.165) is 18.2 Å². The molecule has 1 heterocycles. The number of anilines is 1. The number of aliphatic imine (C=N–C) groups is 1. The Bertz CT molecular complexity index is 1040. The van der Waals surface area contributed by atoms with E-state index < -0.39 is 17.5 Å². The third-order valence-electron chi connectivity index (χ3n) is 3.78. The molecule has 0 unspecified atom stereocenters. The normalized spacial score (nSPS) is 11.6. The van der Waals surface area contributed by atoms with Crippen molar-refractivity contribution in [2.75, 3.05) is 5.32 Å². The maximum atomic E-state index is 13.4. The summed E-state index contributed by atoms with van der Waals surface area (Å²) in [6, 6.07) is 10.2. The number of guanidine groups is 1. The molecule has 3 N–H and O–H groups in total. The summed E-state index contributed by atoms with van der Waals surface area (Å²) >= 11 is 0. The van der Waals surface area contributed by atoms with E-state index in [-0.39, 0.29) is 23.4 Å². The SMILES string of the molecule is CC(C)N/C(=N/C(=O)c1ccc(F)c(F)c1)Nc1cc(-c2ccc(F)cc2)n[nH]1. The highest BCUT2D eigenvalue weighted by Gasteiger charge is 2.13. The van der Waals surface area contributed by atoms with Crippen LogP contribution >= 0.6 is 0 Å². The molecule has 0 aliphatic carbocycles. The molecule has 0 saturated heterocycles. The first-order chi connectivity index (χ1) is 13.8. The molecular weight excluding hydrogens is 383 g/mol. The van der Waals surface area contributed by atoms with Gasteiger partial charge in [0, 0.05) is 23.2 Å². The zero-order valence-corrected chi connectivity index (χ0v) is 15.6. The van der Waals surface area contributed by atoms with E-state index >= 15 is 0 Å². The summed E-state index contributed by atoms with van der Waals surface area (Å²) in [5.41, 5.74) is 1.16. The number of aromatic nitrogens is 2. The van der Waals surface area contributed by atoms with Crippen LogP contribution in [0.5, 0.6) is 0 Å². The molecule has 0 bridgehead atoms. The van der Waals surface area contributed by atoms with Crippen molar-refractivity contribution < 1.29 is 18.0 Å². The summed E-state index contributed by atoms with van der Waals surface area (Å²) in [6.07, 6.45) is 0. The first kappa shape index (κ1) is 20.1. The number of nitrogens with zero attached hydrogens (tertiary/aromatic N) is 2. The van der Waals surface area contributed by atoms with Gasteiger partial charge in [0.25, 0.3) is 5.91 Å². The minimum absolute atomic E-state index is 0.0708. The minimum Gasteiger partial charge on any atom is -0.354 e. The van der Waals surface area contributed by atoms with E-state index in [1.807, 2.05) is 13.8 Å². The Morgan fingerprint density at radius 2 is 1.76 bits per heavy atom. The molecule has 29 heavy (non-hydrogen) atoms. The van der Waals surface area contributed by atoms with Gasteiger partial charge in [-0.3, -0.25) is 9.89 Å². The van der Waals surface area contributed by atoms with Crippen LogP contribution in [0.2, 0.25) is 0 Å². The number of benzene rings is 2. The van der Waals surface area contributed by atoms with E-state index in [2.05, 4.69) is 25.8 Å². The standard InChI is InChI=1S/C20H18F3N5O/c1-11(2)24-20(26-19(29)13-5-8-15(22)16(23)9-13)25-18-10-17(27-28-18)12-3-6-14(21)7-4-12/h3-11H,1-2H3,(H3,24,25,26,27,28,29). The van der Waals surface area contributed by atoms with Crippen molar-refractivity contribution in [2.45, 2.75) is 19.9 Å². The highest BCUT2D eigenvalue weighted by Crippen LogP contribution is 2.20. The molecule has 0 spiro atoms. The van der Waals surface area contributed by atoms with Gasteiger partial charge in [-0.1, -0.05) is 0 Å². The number of H-pyrrole nitrogens is 1. The van der Waals surface area contributed by atoms with Gasteiger partial charge >= 0.3 is 0 Å². The molecular formula is C20H18F3N5O. The van der Waals surface area contributed by atoms with Crippen LogP contribution in [0.1, 0.15) is 24.2 Å². The quantitative estimate of drug-likeness (QED) is 0.454. The van der Waals surface area contributed by atoms with E-state index in [1.54, 1.807) is 18.2 Å². The van der Waals surface area contributed by atoms with Gasteiger partial charge in [-0.15, -0.1) is 0 Å². The topological polar surface area (TPSA) is 82.2 Å². The lowest BCUT2D eigenvalue weighted by atomic mass is 10.1. The Morgan fingerprint density at radius 1 is 1.03 bits per heavy atom. The fraction of sp³-hybridized carbons (Fsp3) is 0.150. The van der Waals surface area contributed by atoms with Gasteiger partial charge < -0.3 is 10.6 Å². The average molecular weight is 401 g/mol. The Hall–Kier alpha value is -3.62. The fourth-order valence-electron chi connectivity index (χ4n) is 2.45. The van der Waals surface area contributed by atoms with Crippen molar-refractivity contribution >= 4 is 17.7 Å². The third kappa shape index (κ3) is 5.22. The van der Waals surface area contributed by atoms with Crippen LogP contribution in [0.3, 0.4) is 0 Å². The number of carbonyl (C=O) groups excluding carboxylic acids is 1. The molecule has 0 atom stereocenters. The second kappa shape index (κ2) is 8.59. The van der Waals surface area contributed by atoms with Crippen molar-refractivity contribution in [1.82, 2.24) is 15.5 Å². The van der Waals surface area contributed by atoms with Crippen molar-refractivity contribution in [3.8, 4) is 11.3 Å². The predicted molar refractivity (Wildman–Crippen MR) is 104 cm³/mol. The molecule has 150 valence electrons. The zero-order chi connectivity index (χ0) is 21.0. The maximum Gasteiger partial charge on any atom is 0.280 e. The number of amides is 1. The highest BCUT2D eigenvalue weighted by atomic mass is 19.2. The van der Waals surface area contributed by atoms with E-state index in [9.17, 15) is 18.0 Å². The van der Waals surface area contributed by atoms with Crippen molar-refractivity contribution in [3.05, 3.63) is 71.5 Å². The molecule has 6 nitrogen and oxygen atoms in total. The average Bonchev–Trinajstić information content (AvgIpc) is 3.12. The van der Waals surface area contributed by atoms with Crippen LogP contribution in [0.4, 0.5) is 19.0 Å². The number of aromatic amines is 1. The smallest absolute Gasteiger partial charge is 0.280 e. The third-order valence-corrected chi connectivity index (χ3v) is 3.78. The van der Waals surface area contributed by atoms with Crippen LogP contribution < -0.4 is 10.6 Å². The molecule has 3 aromatic rings. The van der Waals surface area contributed by atoms with Crippen LogP contribution in [-0.4, -0.2) is 28.1 Å². The van der Waals surface area contributed by atoms with E-state index in [0.29, 0.717) is 17.1 Å². The largest absolute Gasteiger partial charge is 0.354 e. The van der Waals surface area contributed by atoms with Crippen LogP contribution in [0.15, 0.2) is 53.5 Å². The zero-order valence-electron chi connectivity index (χ0n) is 15.6. The van der Waals surface area contributed by atoms with Gasteiger partial charge in [0.05, 0.1) is 5.69 Å². The number of halogens is 3. The van der Waals surface area contributed by atoms with Crippen LogP contribution in [0, 0.1) is 17.5 Å². The van der Waals surface area contributed by atoms with Gasteiger partial charge in [0.15, 0.2) is 11.6 Å². The summed E-state index contributed by atoms with van der Waals surface area (Å²) in [5, 5.41) is 12.8. The second-order valence-electron chi connectivity index (χ2n) is 6.49. The molecule has 2 aromatic carbocycles. The van der Waals surface area contributed by atoms with Gasteiger partial charge in [0.1, 0.15) is 11.6 Å². The Labute approximate surface area is 164 Å². The van der Waals surface area contributed by atoms with E-state index in [1.165, 1.54) is 12.1 Å². The highest BCUT2D eigenvalue weighted by molar-refractivity contribution is 6.06. The van der Waals surface area contributed by atoms with Crippen LogP contribution in [0.25, 0.3) is 11.3 Å². The lowest BCUT2D eigenvalue weighted by Gasteiger charge is -2.13. The fourth-order valence-corrected chi connectivity index (χ4v) is 2.45. The monoisotopic (exact) mass is 401 g/mol. The first-order valence-electron chi connectivity index (χ1n) is 8.75. The maximum absolute atomic E-state index is 13.4. The predicted octanol–water partition coefficient (Wildman–Crippen LogP) is 4.10. The van der Waals surface area contributed by atoms with Gasteiger partial charge in [-0.05, 0) is 56.3 Å². The molecule has 0 fully saturated rings. The lowest BCUT2D eigenvalue weighted by Crippen LogP contribution is -2.36. The number of hydrogen-bond acceptors (Lipinski definition) is 2. The minimum atomic E-state index is -1.13. The van der Waals surface area contributed by atoms with Gasteiger partial charge in [-0.25, -0.2) is 13.2 Å². The van der Waals surface area contributed by atoms with Crippen molar-refractivity contribution in [3.63, 3.8) is 0 Å². The summed E-state index contributed by atoms with van der Waals surface area (Å²) in [7, 11) is 0. The van der Waals surface area contributed by atoms with Gasteiger partial charge in [-0.2, -0.15) is 10.1 Å². The molecule has 3 rings (SSSR count). The summed E-state index contributed by atoms with van der Waals surface area (Å²) in [6.45, 7) is 3.69. The molecule has 0 aliphatic heterocycles. The Morgan fingerprint density at radius 3 is 2.41 bits per heavy atom. The summed E-state index contributed by atoms with van der Waals surface area (Å²) < 4.78 is 39.5. The van der Waals surface area contributed by atoms with Crippen LogP contribution in [-0.2, 0) is 0 Å². The molecule has 1 aromatic heterocycles. The van der Waals surface area contributed by atoms with E-state index in [4.69, 9.17) is 0 Å². The Balaban J connectivity index is 1.82. The number of rotatable bonds is 4. The number of carbonyl (C=O) groups is 1. The molecule has 0 saturated carbocycles. The lowest BCUT2D eigenvalue weighted by molar-refractivity contribution is 0.100. The number of nitrogens with one attached hydrogen (secondary N) is 3. The number of hydrogen-bond donors (Lipinski definition) is 3.